The van der Waals surface area contributed by atoms with E-state index in [1.54, 1.807) is 42.5 Å². The molecule has 1 N–H and O–H groups in total. The summed E-state index contributed by atoms with van der Waals surface area (Å²) in [6, 6.07) is 16.8. The van der Waals surface area contributed by atoms with Crippen molar-refractivity contribution in [2.24, 2.45) is 0 Å². The zero-order chi connectivity index (χ0) is 27.2. The number of carboxylic acids is 1. The van der Waals surface area contributed by atoms with Crippen molar-refractivity contribution in [3.8, 4) is 5.69 Å². The number of aromatic nitrogens is 2. The van der Waals surface area contributed by atoms with Gasteiger partial charge in [0.15, 0.2) is 5.69 Å². The van der Waals surface area contributed by atoms with Crippen molar-refractivity contribution in [2.45, 2.75) is 18.4 Å². The Morgan fingerprint density at radius 1 is 1.03 bits per heavy atom. The maximum absolute atomic E-state index is 13.6. The number of hydrogen-bond donors (Lipinski definition) is 1. The van der Waals surface area contributed by atoms with Crippen LogP contribution in [-0.4, -0.2) is 40.1 Å². The summed E-state index contributed by atoms with van der Waals surface area (Å²) in [4.78, 5) is 12.3. The molecule has 7 nitrogen and oxygen atoms in total. The number of rotatable bonds is 5. The van der Waals surface area contributed by atoms with E-state index in [9.17, 15) is 22.7 Å². The van der Waals surface area contributed by atoms with Gasteiger partial charge in [0.05, 0.1) is 21.3 Å². The maximum Gasteiger partial charge on any atom is 0.356 e. The first kappa shape index (κ1) is 26.1. The van der Waals surface area contributed by atoms with Crippen molar-refractivity contribution >= 4 is 50.8 Å². The molecule has 38 heavy (non-hydrogen) atoms. The number of benzene rings is 3. The molecule has 0 saturated carbocycles. The van der Waals surface area contributed by atoms with E-state index >= 15 is 0 Å². The minimum atomic E-state index is -4.01. The fourth-order valence-corrected chi connectivity index (χ4v) is 6.20. The van der Waals surface area contributed by atoms with Crippen LogP contribution in [0.5, 0.6) is 0 Å². The van der Waals surface area contributed by atoms with Gasteiger partial charge in [-0.3, -0.25) is 0 Å². The molecule has 0 spiro atoms. The number of hydrogen-bond acceptors (Lipinski definition) is 4. The van der Waals surface area contributed by atoms with Gasteiger partial charge in [0.25, 0.3) is 0 Å². The van der Waals surface area contributed by atoms with Gasteiger partial charge < -0.3 is 5.11 Å². The Morgan fingerprint density at radius 2 is 1.71 bits per heavy atom. The lowest BCUT2D eigenvalue weighted by atomic mass is 9.99. The smallest absolute Gasteiger partial charge is 0.356 e. The van der Waals surface area contributed by atoms with E-state index in [-0.39, 0.29) is 34.3 Å². The molecule has 2 heterocycles. The van der Waals surface area contributed by atoms with E-state index in [0.717, 1.165) is 5.56 Å². The Morgan fingerprint density at radius 3 is 2.34 bits per heavy atom. The van der Waals surface area contributed by atoms with Crippen LogP contribution < -0.4 is 0 Å². The number of aryl methyl sites for hydroxylation is 1. The van der Waals surface area contributed by atoms with Crippen LogP contribution in [0.2, 0.25) is 10.0 Å². The van der Waals surface area contributed by atoms with Crippen molar-refractivity contribution in [3.63, 3.8) is 0 Å². The Bertz CT molecular complexity index is 1700. The van der Waals surface area contributed by atoms with Gasteiger partial charge >= 0.3 is 5.97 Å². The first-order valence-corrected chi connectivity index (χ1v) is 13.6. The zero-order valence-corrected chi connectivity index (χ0v) is 22.2. The lowest BCUT2D eigenvalue weighted by molar-refractivity contribution is 0.0688. The van der Waals surface area contributed by atoms with Crippen molar-refractivity contribution in [2.75, 3.05) is 6.54 Å². The van der Waals surface area contributed by atoms with E-state index < -0.39 is 21.8 Å². The van der Waals surface area contributed by atoms with Crippen molar-refractivity contribution in [1.82, 2.24) is 14.1 Å². The molecule has 0 saturated heterocycles. The summed E-state index contributed by atoms with van der Waals surface area (Å²) < 4.78 is 43.5. The second kappa shape index (κ2) is 9.99. The van der Waals surface area contributed by atoms with Crippen molar-refractivity contribution in [1.29, 1.82) is 0 Å². The lowest BCUT2D eigenvalue weighted by Gasteiger charge is -2.29. The fourth-order valence-electron chi connectivity index (χ4n) is 4.33. The minimum Gasteiger partial charge on any atom is -0.476 e. The summed E-state index contributed by atoms with van der Waals surface area (Å²) >= 11 is 12.5. The van der Waals surface area contributed by atoms with Crippen LogP contribution in [-0.2, 0) is 16.6 Å². The van der Waals surface area contributed by atoms with Crippen LogP contribution in [0.15, 0.2) is 71.6 Å². The SMILES string of the molecule is Cc1ccc(S(=O)(=O)N2CC(=Cc3ccc(F)cc3)c3c(c(C(=O)O)nn3-c3ccc(Cl)cc3Cl)C2)cc1. The van der Waals surface area contributed by atoms with Crippen LogP contribution in [0.4, 0.5) is 4.39 Å². The van der Waals surface area contributed by atoms with Gasteiger partial charge in [-0.25, -0.2) is 22.3 Å². The van der Waals surface area contributed by atoms with Crippen LogP contribution >= 0.6 is 23.2 Å². The molecule has 0 amide bonds. The summed E-state index contributed by atoms with van der Waals surface area (Å²) in [6.45, 7) is 1.54. The van der Waals surface area contributed by atoms with Gasteiger partial charge in [-0.15, -0.1) is 0 Å². The average Bonchev–Trinajstić information content (AvgIpc) is 3.26. The molecule has 0 bridgehead atoms. The highest BCUT2D eigenvalue weighted by Crippen LogP contribution is 2.37. The highest BCUT2D eigenvalue weighted by atomic mass is 35.5. The Balaban J connectivity index is 1.74. The number of fused-ring (bicyclic) bond motifs is 1. The molecule has 3 aromatic carbocycles. The first-order valence-electron chi connectivity index (χ1n) is 11.4. The number of carboxylic acid groups (broad SMARTS) is 1. The monoisotopic (exact) mass is 571 g/mol. The normalized spacial score (nSPS) is 15.0. The Hall–Kier alpha value is -3.50. The molecule has 0 unspecified atom stereocenters. The number of halogens is 3. The number of nitrogens with zero attached hydrogens (tertiary/aromatic N) is 3. The second-order valence-electron chi connectivity index (χ2n) is 8.80. The third-order valence-electron chi connectivity index (χ3n) is 6.18. The summed E-state index contributed by atoms with van der Waals surface area (Å²) in [5.41, 5.74) is 2.62. The van der Waals surface area contributed by atoms with Crippen LogP contribution in [0.25, 0.3) is 17.3 Å². The molecule has 0 atom stereocenters. The third-order valence-corrected chi connectivity index (χ3v) is 8.52. The number of aromatic carboxylic acids is 1. The standard InChI is InChI=1S/C27H20Cl2FN3O4S/c1-16-2-9-21(10-3-16)38(36,37)32-14-18(12-17-4-7-20(30)8-5-17)26-22(15-32)25(27(34)35)31-33(26)24-11-6-19(28)13-23(24)29/h2-13H,14-15H2,1H3,(H,34,35). The molecule has 0 radical (unpaired) electrons. The second-order valence-corrected chi connectivity index (χ2v) is 11.6. The van der Waals surface area contributed by atoms with Gasteiger partial charge in [-0.05, 0) is 66.6 Å². The Kier molecular flexibility index (Phi) is 6.87. The van der Waals surface area contributed by atoms with Crippen LogP contribution in [0, 0.1) is 12.7 Å². The highest BCUT2D eigenvalue weighted by molar-refractivity contribution is 7.89. The first-order chi connectivity index (χ1) is 18.0. The third kappa shape index (κ3) is 4.86. The predicted octanol–water partition coefficient (Wildman–Crippen LogP) is 6.07. The topological polar surface area (TPSA) is 92.5 Å². The molecule has 4 aromatic rings. The molecule has 0 aliphatic carbocycles. The summed E-state index contributed by atoms with van der Waals surface area (Å²) in [6.07, 6.45) is 1.68. The fraction of sp³-hybridized carbons (Fsp3) is 0.111. The van der Waals surface area contributed by atoms with Crippen LogP contribution in [0.1, 0.15) is 32.9 Å². The summed E-state index contributed by atoms with van der Waals surface area (Å²) in [7, 11) is -4.01. The predicted molar refractivity (Wildman–Crippen MR) is 144 cm³/mol. The van der Waals surface area contributed by atoms with E-state index in [0.29, 0.717) is 27.5 Å². The number of sulfonamides is 1. The molecule has 11 heteroatoms. The minimum absolute atomic E-state index is 0.0812. The molecule has 1 aromatic heterocycles. The molecule has 5 rings (SSSR count). The van der Waals surface area contributed by atoms with Gasteiger partial charge in [0.2, 0.25) is 10.0 Å². The van der Waals surface area contributed by atoms with Crippen molar-refractivity contribution in [3.05, 3.63) is 111 Å². The molecular formula is C27H20Cl2FN3O4S. The lowest BCUT2D eigenvalue weighted by Crippen LogP contribution is -2.36. The summed E-state index contributed by atoms with van der Waals surface area (Å²) in [5.74, 6) is -1.74. The summed E-state index contributed by atoms with van der Waals surface area (Å²) in [5, 5.41) is 14.9. The van der Waals surface area contributed by atoms with Gasteiger partial charge in [0.1, 0.15) is 5.82 Å². The largest absolute Gasteiger partial charge is 0.476 e. The molecule has 1 aliphatic heterocycles. The van der Waals surface area contributed by atoms with Gasteiger partial charge in [-0.1, -0.05) is 53.0 Å². The quantitative estimate of drug-likeness (QED) is 0.314. The number of carbonyl (C=O) groups is 1. The molecular weight excluding hydrogens is 552 g/mol. The van der Waals surface area contributed by atoms with Crippen molar-refractivity contribution < 1.29 is 22.7 Å². The van der Waals surface area contributed by atoms with Gasteiger partial charge in [0, 0.05) is 23.7 Å². The maximum atomic E-state index is 13.6. The highest BCUT2D eigenvalue weighted by Gasteiger charge is 2.37. The zero-order valence-electron chi connectivity index (χ0n) is 19.9. The van der Waals surface area contributed by atoms with Crippen LogP contribution in [0.3, 0.4) is 0 Å². The molecule has 1 aliphatic rings. The Labute approximate surface area is 228 Å². The van der Waals surface area contributed by atoms with Gasteiger partial charge in [-0.2, -0.15) is 9.40 Å². The molecule has 0 fully saturated rings. The molecule has 194 valence electrons. The van der Waals surface area contributed by atoms with E-state index in [1.807, 2.05) is 6.92 Å². The van der Waals surface area contributed by atoms with E-state index in [2.05, 4.69) is 5.10 Å². The average molecular weight is 572 g/mol. The van der Waals surface area contributed by atoms with E-state index in [1.165, 1.54) is 39.3 Å². The van der Waals surface area contributed by atoms with E-state index in [4.69, 9.17) is 23.2 Å².